The lowest BCUT2D eigenvalue weighted by molar-refractivity contribution is -0.137. The molecule has 3 unspecified atom stereocenters. The van der Waals surface area contributed by atoms with Crippen molar-refractivity contribution in [1.29, 1.82) is 0 Å². The van der Waals surface area contributed by atoms with Gasteiger partial charge in [-0.2, -0.15) is 0 Å². The Balaban J connectivity index is 2.18. The standard InChI is InChI=1S/C15H27NO3/c1-15(2,3)12-5-4-11(17)10-13(12)16-7-9-19-8-6-14(16)18/h11-13,17H,4-10H2,1-3H3. The highest BCUT2D eigenvalue weighted by molar-refractivity contribution is 5.77. The van der Waals surface area contributed by atoms with E-state index >= 15 is 0 Å². The molecule has 1 saturated heterocycles. The number of rotatable bonds is 1. The predicted octanol–water partition coefficient (Wildman–Crippen LogP) is 1.81. The van der Waals surface area contributed by atoms with Crippen molar-refractivity contribution in [3.63, 3.8) is 0 Å². The fourth-order valence-corrected chi connectivity index (χ4v) is 3.52. The molecular weight excluding hydrogens is 242 g/mol. The van der Waals surface area contributed by atoms with Crippen molar-refractivity contribution in [3.8, 4) is 0 Å². The quantitative estimate of drug-likeness (QED) is 0.790. The Hall–Kier alpha value is -0.610. The summed E-state index contributed by atoms with van der Waals surface area (Å²) in [6, 6.07) is 0.165. The van der Waals surface area contributed by atoms with Gasteiger partial charge < -0.3 is 14.7 Å². The van der Waals surface area contributed by atoms with Gasteiger partial charge in [-0.25, -0.2) is 0 Å². The molecule has 2 rings (SSSR count). The lowest BCUT2D eigenvalue weighted by atomic mass is 9.68. The van der Waals surface area contributed by atoms with Gasteiger partial charge in [-0.3, -0.25) is 4.79 Å². The Kier molecular flexibility index (Phi) is 4.51. The van der Waals surface area contributed by atoms with Crippen LogP contribution in [0.2, 0.25) is 0 Å². The first-order valence-corrected chi connectivity index (χ1v) is 7.45. The molecule has 1 aliphatic carbocycles. The summed E-state index contributed by atoms with van der Waals surface area (Å²) in [5.41, 5.74) is 0.165. The highest BCUT2D eigenvalue weighted by Gasteiger charge is 2.41. The number of carbonyl (C=O) groups excluding carboxylic acids is 1. The van der Waals surface area contributed by atoms with Gasteiger partial charge in [0.1, 0.15) is 0 Å². The van der Waals surface area contributed by atoms with E-state index in [1.165, 1.54) is 0 Å². The largest absolute Gasteiger partial charge is 0.393 e. The van der Waals surface area contributed by atoms with E-state index in [4.69, 9.17) is 4.74 Å². The summed E-state index contributed by atoms with van der Waals surface area (Å²) in [5, 5.41) is 9.98. The molecule has 1 amide bonds. The monoisotopic (exact) mass is 269 g/mol. The summed E-state index contributed by atoms with van der Waals surface area (Å²) in [4.78, 5) is 14.2. The van der Waals surface area contributed by atoms with E-state index in [1.54, 1.807) is 0 Å². The fourth-order valence-electron chi connectivity index (χ4n) is 3.52. The van der Waals surface area contributed by atoms with Crippen LogP contribution in [0.5, 0.6) is 0 Å². The Bertz CT molecular complexity index is 324. The molecule has 0 radical (unpaired) electrons. The van der Waals surface area contributed by atoms with Gasteiger partial charge in [0.05, 0.1) is 25.7 Å². The second-order valence-electron chi connectivity index (χ2n) is 6.96. The lowest BCUT2D eigenvalue weighted by Gasteiger charge is -2.46. The van der Waals surface area contributed by atoms with Crippen molar-refractivity contribution in [2.75, 3.05) is 19.8 Å². The second-order valence-corrected chi connectivity index (χ2v) is 6.96. The van der Waals surface area contributed by atoms with Crippen LogP contribution >= 0.6 is 0 Å². The summed E-state index contributed by atoms with van der Waals surface area (Å²) in [7, 11) is 0. The van der Waals surface area contributed by atoms with Crippen LogP contribution in [0.4, 0.5) is 0 Å². The predicted molar refractivity (Wildman–Crippen MR) is 73.7 cm³/mol. The van der Waals surface area contributed by atoms with Crippen LogP contribution in [-0.4, -0.2) is 47.8 Å². The molecule has 0 aromatic heterocycles. The number of amides is 1. The third kappa shape index (κ3) is 3.48. The number of hydrogen-bond acceptors (Lipinski definition) is 3. The number of ether oxygens (including phenoxy) is 1. The number of nitrogens with zero attached hydrogens (tertiary/aromatic N) is 1. The number of aliphatic hydroxyl groups is 1. The normalized spacial score (nSPS) is 34.2. The Labute approximate surface area is 116 Å². The first-order chi connectivity index (χ1) is 8.89. The molecule has 2 aliphatic rings. The lowest BCUT2D eigenvalue weighted by Crippen LogP contribution is -2.52. The van der Waals surface area contributed by atoms with Crippen LogP contribution in [0.1, 0.15) is 46.5 Å². The van der Waals surface area contributed by atoms with Gasteiger partial charge in [0.15, 0.2) is 0 Å². The van der Waals surface area contributed by atoms with E-state index in [0.717, 1.165) is 12.8 Å². The molecule has 110 valence electrons. The van der Waals surface area contributed by atoms with E-state index in [2.05, 4.69) is 20.8 Å². The van der Waals surface area contributed by atoms with E-state index < -0.39 is 0 Å². The molecule has 0 aromatic carbocycles. The average Bonchev–Trinajstić information content (AvgIpc) is 2.52. The molecule has 0 aromatic rings. The van der Waals surface area contributed by atoms with Crippen LogP contribution in [-0.2, 0) is 9.53 Å². The van der Waals surface area contributed by atoms with Gasteiger partial charge in [-0.05, 0) is 30.6 Å². The van der Waals surface area contributed by atoms with E-state index in [9.17, 15) is 9.90 Å². The fraction of sp³-hybridized carbons (Fsp3) is 0.933. The molecular formula is C15H27NO3. The average molecular weight is 269 g/mol. The molecule has 2 fully saturated rings. The van der Waals surface area contributed by atoms with Crippen LogP contribution < -0.4 is 0 Å². The van der Waals surface area contributed by atoms with Gasteiger partial charge in [0.25, 0.3) is 0 Å². The highest BCUT2D eigenvalue weighted by Crippen LogP contribution is 2.40. The molecule has 19 heavy (non-hydrogen) atoms. The van der Waals surface area contributed by atoms with E-state index in [1.807, 2.05) is 4.90 Å². The third-order valence-corrected chi connectivity index (χ3v) is 4.56. The minimum atomic E-state index is -0.263. The maximum Gasteiger partial charge on any atom is 0.225 e. The Morgan fingerprint density at radius 1 is 1.26 bits per heavy atom. The van der Waals surface area contributed by atoms with E-state index in [0.29, 0.717) is 38.5 Å². The van der Waals surface area contributed by atoms with Crippen LogP contribution in [0.25, 0.3) is 0 Å². The number of carbonyl (C=O) groups is 1. The van der Waals surface area contributed by atoms with Crippen LogP contribution in [0, 0.1) is 11.3 Å². The number of aliphatic hydroxyl groups excluding tert-OH is 1. The Morgan fingerprint density at radius 3 is 2.68 bits per heavy atom. The van der Waals surface area contributed by atoms with Crippen molar-refractivity contribution in [3.05, 3.63) is 0 Å². The molecule has 1 saturated carbocycles. The van der Waals surface area contributed by atoms with Crippen LogP contribution in [0.15, 0.2) is 0 Å². The molecule has 4 nitrogen and oxygen atoms in total. The van der Waals surface area contributed by atoms with Gasteiger partial charge in [-0.1, -0.05) is 20.8 Å². The van der Waals surface area contributed by atoms with Gasteiger partial charge >= 0.3 is 0 Å². The molecule has 4 heteroatoms. The zero-order chi connectivity index (χ0) is 14.0. The summed E-state index contributed by atoms with van der Waals surface area (Å²) >= 11 is 0. The maximum atomic E-state index is 12.3. The topological polar surface area (TPSA) is 49.8 Å². The molecule has 1 N–H and O–H groups in total. The molecule has 3 atom stereocenters. The first-order valence-electron chi connectivity index (χ1n) is 7.45. The van der Waals surface area contributed by atoms with Crippen molar-refractivity contribution >= 4 is 5.91 Å². The SMILES string of the molecule is CC(C)(C)C1CCC(O)CC1N1CCOCCC1=O. The second kappa shape index (κ2) is 5.80. The molecule has 0 spiro atoms. The van der Waals surface area contributed by atoms with Crippen molar-refractivity contribution in [1.82, 2.24) is 4.90 Å². The van der Waals surface area contributed by atoms with Gasteiger partial charge in [-0.15, -0.1) is 0 Å². The summed E-state index contributed by atoms with van der Waals surface area (Å²) in [6.07, 6.45) is 2.79. The molecule has 1 heterocycles. The third-order valence-electron chi connectivity index (χ3n) is 4.56. The van der Waals surface area contributed by atoms with Crippen molar-refractivity contribution in [2.24, 2.45) is 11.3 Å². The highest BCUT2D eigenvalue weighted by atomic mass is 16.5. The van der Waals surface area contributed by atoms with Crippen LogP contribution in [0.3, 0.4) is 0 Å². The summed E-state index contributed by atoms with van der Waals surface area (Å²) < 4.78 is 5.41. The molecule has 0 bridgehead atoms. The minimum absolute atomic E-state index is 0.165. The van der Waals surface area contributed by atoms with E-state index in [-0.39, 0.29) is 23.5 Å². The van der Waals surface area contributed by atoms with Gasteiger partial charge in [0, 0.05) is 12.6 Å². The summed E-state index contributed by atoms with van der Waals surface area (Å²) in [5.74, 6) is 0.642. The maximum absolute atomic E-state index is 12.3. The zero-order valence-corrected chi connectivity index (χ0v) is 12.4. The molecule has 1 aliphatic heterocycles. The summed E-state index contributed by atoms with van der Waals surface area (Å²) in [6.45, 7) is 8.53. The minimum Gasteiger partial charge on any atom is -0.393 e. The zero-order valence-electron chi connectivity index (χ0n) is 12.4. The van der Waals surface area contributed by atoms with Gasteiger partial charge in [0.2, 0.25) is 5.91 Å². The van der Waals surface area contributed by atoms with Crippen molar-refractivity contribution < 1.29 is 14.6 Å². The number of hydrogen-bond donors (Lipinski definition) is 1. The Morgan fingerprint density at radius 2 is 2.00 bits per heavy atom. The first kappa shape index (κ1) is 14.8. The van der Waals surface area contributed by atoms with Crippen molar-refractivity contribution in [2.45, 2.75) is 58.6 Å². The smallest absolute Gasteiger partial charge is 0.225 e.